The zero-order valence-electron chi connectivity index (χ0n) is 19.5. The maximum absolute atomic E-state index is 5.13. The Bertz CT molecular complexity index is 1750. The Hall–Kier alpha value is -4.37. The third-order valence-corrected chi connectivity index (χ3v) is 7.32. The molecule has 0 aliphatic heterocycles. The molecule has 7 rings (SSSR count). The Labute approximate surface area is 204 Å². The first kappa shape index (κ1) is 20.0. The van der Waals surface area contributed by atoms with Crippen LogP contribution in [0.1, 0.15) is 24.1 Å². The van der Waals surface area contributed by atoms with Gasteiger partial charge in [0.1, 0.15) is 0 Å². The minimum Gasteiger partial charge on any atom is -0.302 e. The van der Waals surface area contributed by atoms with E-state index in [1.54, 1.807) is 0 Å². The second-order valence-electron chi connectivity index (χ2n) is 9.33. The lowest BCUT2D eigenvalue weighted by molar-refractivity contribution is 0.520. The van der Waals surface area contributed by atoms with E-state index in [4.69, 9.17) is 4.98 Å². The van der Waals surface area contributed by atoms with E-state index in [9.17, 15) is 0 Å². The fourth-order valence-corrected chi connectivity index (χ4v) is 5.62. The van der Waals surface area contributed by atoms with Crippen molar-refractivity contribution in [3.8, 4) is 0 Å². The number of hydrogen-bond donors (Lipinski definition) is 0. The Balaban J connectivity index is 1.53. The number of aromatic nitrogens is 3. The van der Waals surface area contributed by atoms with Gasteiger partial charge in [-0.1, -0.05) is 104 Å². The summed E-state index contributed by atoms with van der Waals surface area (Å²) in [5.41, 5.74) is 9.67. The second-order valence-corrected chi connectivity index (χ2v) is 9.33. The van der Waals surface area contributed by atoms with Gasteiger partial charge < -0.3 is 4.57 Å². The van der Waals surface area contributed by atoms with Gasteiger partial charge in [-0.25, -0.2) is 4.98 Å². The van der Waals surface area contributed by atoms with Crippen LogP contribution in [0.4, 0.5) is 0 Å². The average Bonchev–Trinajstić information content (AvgIpc) is 3.45. The summed E-state index contributed by atoms with van der Waals surface area (Å²) in [6.07, 6.45) is 4.80. The van der Waals surface area contributed by atoms with Crippen molar-refractivity contribution in [3.05, 3.63) is 132 Å². The Kier molecular flexibility index (Phi) is 4.49. The molecule has 1 aliphatic rings. The quantitative estimate of drug-likeness (QED) is 0.269. The number of fused-ring (bicyclic) bond motifs is 5. The third-order valence-electron chi connectivity index (χ3n) is 7.32. The van der Waals surface area contributed by atoms with Crippen LogP contribution in [0.2, 0.25) is 0 Å². The number of benzene rings is 4. The van der Waals surface area contributed by atoms with Crippen LogP contribution in [-0.4, -0.2) is 14.0 Å². The maximum Gasteiger partial charge on any atom is 0.216 e. The number of rotatable bonds is 3. The lowest BCUT2D eigenvalue weighted by atomic mass is 9.80. The predicted octanol–water partition coefficient (Wildman–Crippen LogP) is 7.80. The van der Waals surface area contributed by atoms with E-state index in [1.165, 1.54) is 33.3 Å². The standard InChI is InChI=1S/C32H25N3/c1-22-26(24-14-6-3-7-15-24)20-25(23-12-4-2-5-13-23)21-31(22)35-30-19-11-10-18-29(30)34-28-17-9-8-16-27(28)33-32(34)35/h2-22,31H,1H3. The molecule has 35 heavy (non-hydrogen) atoms. The van der Waals surface area contributed by atoms with Crippen molar-refractivity contribution in [2.45, 2.75) is 13.0 Å². The molecule has 2 atom stereocenters. The highest BCUT2D eigenvalue weighted by Crippen LogP contribution is 2.43. The topological polar surface area (TPSA) is 22.2 Å². The summed E-state index contributed by atoms with van der Waals surface area (Å²) < 4.78 is 4.76. The van der Waals surface area contributed by atoms with Crippen molar-refractivity contribution in [2.75, 3.05) is 0 Å². The fraction of sp³-hybridized carbons (Fsp3) is 0.0938. The van der Waals surface area contributed by atoms with E-state index in [0.717, 1.165) is 16.8 Å². The molecule has 0 N–H and O–H groups in total. The van der Waals surface area contributed by atoms with Crippen molar-refractivity contribution in [2.24, 2.45) is 5.92 Å². The zero-order valence-corrected chi connectivity index (χ0v) is 19.5. The molecular formula is C32H25N3. The molecule has 2 heterocycles. The smallest absolute Gasteiger partial charge is 0.216 e. The summed E-state index contributed by atoms with van der Waals surface area (Å²) >= 11 is 0. The molecule has 0 radical (unpaired) electrons. The SMILES string of the molecule is CC1C(c2ccccc2)=CC(c2ccccc2)=CC1n1c2ccccc2n2c3ccccc3nc12. The summed E-state index contributed by atoms with van der Waals surface area (Å²) in [5, 5.41) is 0. The first-order chi connectivity index (χ1) is 17.3. The molecule has 3 nitrogen and oxygen atoms in total. The predicted molar refractivity (Wildman–Crippen MR) is 145 cm³/mol. The van der Waals surface area contributed by atoms with Gasteiger partial charge >= 0.3 is 0 Å². The number of hydrogen-bond acceptors (Lipinski definition) is 1. The molecule has 6 aromatic rings. The molecule has 0 amide bonds. The molecule has 4 aromatic carbocycles. The molecule has 3 heteroatoms. The van der Waals surface area contributed by atoms with E-state index in [2.05, 4.69) is 137 Å². The molecule has 0 fully saturated rings. The maximum atomic E-state index is 5.13. The van der Waals surface area contributed by atoms with Crippen LogP contribution in [0, 0.1) is 5.92 Å². The number of imidazole rings is 2. The van der Waals surface area contributed by atoms with Crippen molar-refractivity contribution in [1.29, 1.82) is 0 Å². The monoisotopic (exact) mass is 451 g/mol. The van der Waals surface area contributed by atoms with Gasteiger partial charge in [0.05, 0.1) is 28.1 Å². The van der Waals surface area contributed by atoms with Gasteiger partial charge in [-0.05, 0) is 46.5 Å². The van der Waals surface area contributed by atoms with Crippen LogP contribution in [0.15, 0.2) is 121 Å². The van der Waals surface area contributed by atoms with Gasteiger partial charge in [-0.2, -0.15) is 0 Å². The molecule has 2 unspecified atom stereocenters. The first-order valence-corrected chi connectivity index (χ1v) is 12.2. The largest absolute Gasteiger partial charge is 0.302 e. The van der Waals surface area contributed by atoms with Crippen molar-refractivity contribution >= 4 is 39.0 Å². The highest BCUT2D eigenvalue weighted by Gasteiger charge is 2.30. The van der Waals surface area contributed by atoms with Gasteiger partial charge in [0, 0.05) is 5.92 Å². The molecule has 0 bridgehead atoms. The van der Waals surface area contributed by atoms with Gasteiger partial charge in [-0.3, -0.25) is 4.40 Å². The zero-order chi connectivity index (χ0) is 23.4. The van der Waals surface area contributed by atoms with Crippen molar-refractivity contribution in [1.82, 2.24) is 14.0 Å². The lowest BCUT2D eigenvalue weighted by Crippen LogP contribution is -2.20. The second kappa shape index (κ2) is 7.85. The Morgan fingerprint density at radius 1 is 0.629 bits per heavy atom. The highest BCUT2D eigenvalue weighted by molar-refractivity contribution is 5.92. The van der Waals surface area contributed by atoms with E-state index >= 15 is 0 Å². The summed E-state index contributed by atoms with van der Waals surface area (Å²) in [6, 6.07) is 38.7. The van der Waals surface area contributed by atoms with E-state index in [-0.39, 0.29) is 12.0 Å². The first-order valence-electron chi connectivity index (χ1n) is 12.2. The van der Waals surface area contributed by atoms with Gasteiger partial charge in [0.25, 0.3) is 0 Å². The van der Waals surface area contributed by atoms with Crippen LogP contribution in [0.25, 0.3) is 39.0 Å². The minimum absolute atomic E-state index is 0.115. The number of allylic oxidation sites excluding steroid dienone is 4. The van der Waals surface area contributed by atoms with E-state index < -0.39 is 0 Å². The average molecular weight is 452 g/mol. The number of nitrogens with zero attached hydrogens (tertiary/aromatic N) is 3. The molecule has 0 spiro atoms. The summed E-state index contributed by atoms with van der Waals surface area (Å²) in [7, 11) is 0. The molecule has 168 valence electrons. The summed E-state index contributed by atoms with van der Waals surface area (Å²) in [4.78, 5) is 5.13. The van der Waals surface area contributed by atoms with Crippen molar-refractivity contribution < 1.29 is 0 Å². The van der Waals surface area contributed by atoms with E-state index in [1.807, 2.05) is 0 Å². The van der Waals surface area contributed by atoms with Crippen LogP contribution in [-0.2, 0) is 0 Å². The fourth-order valence-electron chi connectivity index (χ4n) is 5.62. The molecular weight excluding hydrogens is 426 g/mol. The summed E-state index contributed by atoms with van der Waals surface area (Å²) in [5.74, 6) is 1.26. The van der Waals surface area contributed by atoms with E-state index in [0.29, 0.717) is 0 Å². The normalized spacial score (nSPS) is 18.2. The van der Waals surface area contributed by atoms with Gasteiger partial charge in [0.15, 0.2) is 0 Å². The van der Waals surface area contributed by atoms with Gasteiger partial charge in [-0.15, -0.1) is 0 Å². The molecule has 2 aromatic heterocycles. The minimum atomic E-state index is 0.115. The Morgan fingerprint density at radius 3 is 1.97 bits per heavy atom. The summed E-state index contributed by atoms with van der Waals surface area (Å²) in [6.45, 7) is 2.34. The van der Waals surface area contributed by atoms with Crippen LogP contribution in [0.3, 0.4) is 0 Å². The lowest BCUT2D eigenvalue weighted by Gasteiger charge is -2.31. The van der Waals surface area contributed by atoms with Crippen LogP contribution in [0.5, 0.6) is 0 Å². The van der Waals surface area contributed by atoms with Crippen molar-refractivity contribution in [3.63, 3.8) is 0 Å². The van der Waals surface area contributed by atoms with Gasteiger partial charge in [0.2, 0.25) is 5.78 Å². The van der Waals surface area contributed by atoms with Crippen LogP contribution < -0.4 is 0 Å². The number of para-hydroxylation sites is 4. The molecule has 1 aliphatic carbocycles. The highest BCUT2D eigenvalue weighted by atomic mass is 15.2. The molecule has 0 saturated carbocycles. The Morgan fingerprint density at radius 2 is 1.23 bits per heavy atom. The van der Waals surface area contributed by atoms with Crippen LogP contribution >= 0.6 is 0 Å². The molecule has 0 saturated heterocycles. The third kappa shape index (κ3) is 3.08.